The zero-order valence-electron chi connectivity index (χ0n) is 11.1. The first kappa shape index (κ1) is 13.8. The van der Waals surface area contributed by atoms with E-state index in [0.29, 0.717) is 35.8 Å². The van der Waals surface area contributed by atoms with Gasteiger partial charge in [-0.2, -0.15) is 5.10 Å². The molecular formula is C13H13ClN4O3. The molecule has 8 heteroatoms. The Balaban J connectivity index is 1.96. The number of pyridine rings is 1. The Morgan fingerprint density at radius 1 is 1.48 bits per heavy atom. The highest BCUT2D eigenvalue weighted by atomic mass is 35.5. The van der Waals surface area contributed by atoms with Crippen LogP contribution in [0, 0.1) is 0 Å². The van der Waals surface area contributed by atoms with Crippen LogP contribution in [-0.2, 0) is 17.8 Å². The fourth-order valence-electron chi connectivity index (χ4n) is 2.52. The van der Waals surface area contributed by atoms with Crippen molar-refractivity contribution in [3.05, 3.63) is 45.4 Å². The molecule has 0 bridgehead atoms. The zero-order valence-corrected chi connectivity index (χ0v) is 11.8. The number of aromatic nitrogens is 4. The van der Waals surface area contributed by atoms with Gasteiger partial charge in [0, 0.05) is 12.6 Å². The van der Waals surface area contributed by atoms with E-state index in [1.54, 1.807) is 12.1 Å². The highest BCUT2D eigenvalue weighted by Gasteiger charge is 2.30. The number of hydrogen-bond acceptors (Lipinski definition) is 4. The Hall–Kier alpha value is -2.15. The number of hydrogen-bond donors (Lipinski definition) is 1. The van der Waals surface area contributed by atoms with Gasteiger partial charge in [-0.1, -0.05) is 11.6 Å². The topological polar surface area (TPSA) is 90.0 Å². The predicted molar refractivity (Wildman–Crippen MR) is 74.4 cm³/mol. The molecule has 3 rings (SSSR count). The van der Waals surface area contributed by atoms with Gasteiger partial charge < -0.3 is 5.11 Å². The largest absolute Gasteiger partial charge is 0.480 e. The number of carboxylic acid groups (broad SMARTS) is 1. The van der Waals surface area contributed by atoms with Crippen molar-refractivity contribution < 1.29 is 9.90 Å². The lowest BCUT2D eigenvalue weighted by molar-refractivity contribution is -0.141. The number of fused-ring (bicyclic) bond motifs is 1. The predicted octanol–water partition coefficient (Wildman–Crippen LogP) is 1.10. The van der Waals surface area contributed by atoms with Gasteiger partial charge in [0.15, 0.2) is 0 Å². The van der Waals surface area contributed by atoms with Crippen molar-refractivity contribution in [1.29, 1.82) is 0 Å². The highest BCUT2D eigenvalue weighted by molar-refractivity contribution is 6.30. The van der Waals surface area contributed by atoms with Gasteiger partial charge in [0.1, 0.15) is 11.9 Å². The fourth-order valence-corrected chi connectivity index (χ4v) is 2.63. The molecule has 21 heavy (non-hydrogen) atoms. The fraction of sp³-hybridized carbons (Fsp3) is 0.385. The lowest BCUT2D eigenvalue weighted by Crippen LogP contribution is -2.34. The van der Waals surface area contributed by atoms with Gasteiger partial charge in [-0.15, -0.1) is 0 Å². The second kappa shape index (κ2) is 5.33. The van der Waals surface area contributed by atoms with Crippen LogP contribution in [0.5, 0.6) is 0 Å². The molecule has 3 heterocycles. The van der Waals surface area contributed by atoms with Crippen LogP contribution in [0.1, 0.15) is 30.4 Å². The van der Waals surface area contributed by atoms with Crippen LogP contribution in [0.2, 0.25) is 5.02 Å². The van der Waals surface area contributed by atoms with Crippen molar-refractivity contribution in [2.24, 2.45) is 0 Å². The summed E-state index contributed by atoms with van der Waals surface area (Å²) in [7, 11) is 0. The van der Waals surface area contributed by atoms with E-state index in [1.165, 1.54) is 15.4 Å². The van der Waals surface area contributed by atoms with Crippen molar-refractivity contribution in [3.8, 4) is 0 Å². The Morgan fingerprint density at radius 2 is 2.29 bits per heavy atom. The third-order valence-corrected chi connectivity index (χ3v) is 3.74. The number of aryl methyl sites for hydroxylation is 1. The quantitative estimate of drug-likeness (QED) is 0.917. The maximum absolute atomic E-state index is 12.3. The number of aliphatic carboxylic acids is 1. The summed E-state index contributed by atoms with van der Waals surface area (Å²) in [5.41, 5.74) is 0.234. The van der Waals surface area contributed by atoms with Gasteiger partial charge in [-0.3, -0.25) is 9.55 Å². The summed E-state index contributed by atoms with van der Waals surface area (Å²) in [6.45, 7) is 0.197. The van der Waals surface area contributed by atoms with Gasteiger partial charge in [0.25, 0.3) is 0 Å². The molecule has 0 saturated heterocycles. The third kappa shape index (κ3) is 2.56. The van der Waals surface area contributed by atoms with E-state index < -0.39 is 17.7 Å². The van der Waals surface area contributed by atoms with Crippen LogP contribution < -0.4 is 5.69 Å². The molecule has 0 aliphatic carbocycles. The molecule has 110 valence electrons. The first-order valence-electron chi connectivity index (χ1n) is 6.57. The molecule has 1 aliphatic rings. The summed E-state index contributed by atoms with van der Waals surface area (Å²) in [4.78, 5) is 27.7. The van der Waals surface area contributed by atoms with Crippen molar-refractivity contribution in [3.63, 3.8) is 0 Å². The van der Waals surface area contributed by atoms with Crippen molar-refractivity contribution in [1.82, 2.24) is 19.3 Å². The monoisotopic (exact) mass is 308 g/mol. The molecule has 0 aromatic carbocycles. The highest BCUT2D eigenvalue weighted by Crippen LogP contribution is 2.21. The lowest BCUT2D eigenvalue weighted by atomic mass is 10.1. The van der Waals surface area contributed by atoms with Gasteiger partial charge in [0.05, 0.1) is 17.3 Å². The van der Waals surface area contributed by atoms with E-state index in [-0.39, 0.29) is 6.54 Å². The van der Waals surface area contributed by atoms with E-state index >= 15 is 0 Å². The van der Waals surface area contributed by atoms with E-state index in [0.717, 1.165) is 0 Å². The molecule has 2 aromatic heterocycles. The van der Waals surface area contributed by atoms with Crippen LogP contribution in [0.4, 0.5) is 0 Å². The number of halogens is 1. The number of carbonyl (C=O) groups is 1. The average molecular weight is 309 g/mol. The molecule has 0 amide bonds. The Labute approximate surface area is 124 Å². The van der Waals surface area contributed by atoms with E-state index in [4.69, 9.17) is 11.6 Å². The minimum Gasteiger partial charge on any atom is -0.480 e. The number of carboxylic acids is 1. The number of rotatable bonds is 3. The molecule has 0 fully saturated rings. The normalized spacial score (nSPS) is 17.5. The molecule has 1 atom stereocenters. The zero-order chi connectivity index (χ0) is 15.0. The molecule has 0 saturated carbocycles. The van der Waals surface area contributed by atoms with Crippen molar-refractivity contribution in [2.45, 2.75) is 31.8 Å². The minimum atomic E-state index is -0.998. The first-order valence-corrected chi connectivity index (χ1v) is 6.95. The van der Waals surface area contributed by atoms with E-state index in [9.17, 15) is 14.7 Å². The summed E-state index contributed by atoms with van der Waals surface area (Å²) in [5.74, 6) is -0.477. The lowest BCUT2D eigenvalue weighted by Gasteiger charge is -2.19. The molecular weight excluding hydrogens is 296 g/mol. The average Bonchev–Trinajstić information content (AvgIpc) is 2.78. The summed E-state index contributed by atoms with van der Waals surface area (Å²) in [5, 5.41) is 14.0. The van der Waals surface area contributed by atoms with Crippen LogP contribution >= 0.6 is 11.6 Å². The molecule has 7 nitrogen and oxygen atoms in total. The van der Waals surface area contributed by atoms with E-state index in [2.05, 4.69) is 10.1 Å². The maximum Gasteiger partial charge on any atom is 0.347 e. The van der Waals surface area contributed by atoms with Gasteiger partial charge >= 0.3 is 11.7 Å². The van der Waals surface area contributed by atoms with Crippen molar-refractivity contribution in [2.75, 3.05) is 0 Å². The van der Waals surface area contributed by atoms with Gasteiger partial charge in [0.2, 0.25) is 0 Å². The van der Waals surface area contributed by atoms with Crippen LogP contribution in [0.3, 0.4) is 0 Å². The Morgan fingerprint density at radius 3 is 2.95 bits per heavy atom. The maximum atomic E-state index is 12.3. The molecule has 1 N–H and O–H groups in total. The molecule has 1 unspecified atom stereocenters. The Bertz CT molecular complexity index is 735. The first-order chi connectivity index (χ1) is 10.1. The minimum absolute atomic E-state index is 0.197. The summed E-state index contributed by atoms with van der Waals surface area (Å²) < 4.78 is 2.54. The van der Waals surface area contributed by atoms with Crippen LogP contribution in [0.25, 0.3) is 0 Å². The number of nitrogens with zero attached hydrogens (tertiary/aromatic N) is 4. The van der Waals surface area contributed by atoms with Gasteiger partial charge in [-0.05, 0) is 25.0 Å². The van der Waals surface area contributed by atoms with Crippen LogP contribution in [-0.4, -0.2) is 30.4 Å². The second-order valence-corrected chi connectivity index (χ2v) is 5.38. The third-order valence-electron chi connectivity index (χ3n) is 3.52. The smallest absolute Gasteiger partial charge is 0.347 e. The van der Waals surface area contributed by atoms with Crippen LogP contribution in [0.15, 0.2) is 23.1 Å². The Kier molecular flexibility index (Phi) is 3.50. The van der Waals surface area contributed by atoms with Gasteiger partial charge in [-0.25, -0.2) is 14.3 Å². The molecule has 0 spiro atoms. The molecule has 1 aliphatic heterocycles. The summed E-state index contributed by atoms with van der Waals surface area (Å²) >= 11 is 5.77. The van der Waals surface area contributed by atoms with E-state index in [1.807, 2.05) is 0 Å². The molecule has 2 aromatic rings. The van der Waals surface area contributed by atoms with Crippen molar-refractivity contribution >= 4 is 17.6 Å². The second-order valence-electron chi connectivity index (χ2n) is 4.94. The summed E-state index contributed by atoms with van der Waals surface area (Å²) in [6.07, 6.45) is 3.28. The molecule has 0 radical (unpaired) electrons. The summed E-state index contributed by atoms with van der Waals surface area (Å²) in [6, 6.07) is 2.57. The SMILES string of the molecule is O=C(O)C1CCCc2nn(Cc3ccc(Cl)cn3)c(=O)n21. The standard InChI is InChI=1S/C13H13ClN4O3/c14-8-4-5-9(15-6-8)7-17-13(21)18-10(12(19)20)2-1-3-11(18)16-17/h4-6,10H,1-3,7H2,(H,19,20).